The predicted molar refractivity (Wildman–Crippen MR) is 80.2 cm³/mol. The highest BCUT2D eigenvalue weighted by molar-refractivity contribution is 5.82. The second-order valence-electron chi connectivity index (χ2n) is 5.82. The average molecular weight is 303 g/mol. The fraction of sp³-hybridized carbons (Fsp3) is 0.529. The lowest BCUT2D eigenvalue weighted by molar-refractivity contribution is -0.157. The number of benzene rings is 1. The first kappa shape index (κ1) is 15.0. The smallest absolute Gasteiger partial charge is 0.335 e. The Morgan fingerprint density at radius 2 is 2.09 bits per heavy atom. The number of esters is 1. The third-order valence-corrected chi connectivity index (χ3v) is 4.24. The number of hydrogen-bond donors (Lipinski definition) is 1. The third-order valence-electron chi connectivity index (χ3n) is 4.24. The van der Waals surface area contributed by atoms with Crippen LogP contribution in [0.15, 0.2) is 24.3 Å². The van der Waals surface area contributed by atoms with Gasteiger partial charge in [-0.15, -0.1) is 0 Å². The SMILES string of the molecule is O=C(COC(=O)[C@@H]1CCCO1)N[C@@H]1CCCc2ccccc21. The Kier molecular flexibility index (Phi) is 4.73. The monoisotopic (exact) mass is 303 g/mol. The number of nitrogens with one attached hydrogen (secondary N) is 1. The summed E-state index contributed by atoms with van der Waals surface area (Å²) in [7, 11) is 0. The minimum atomic E-state index is -0.497. The van der Waals surface area contributed by atoms with E-state index in [4.69, 9.17) is 9.47 Å². The first-order chi connectivity index (χ1) is 10.7. The van der Waals surface area contributed by atoms with Crippen LogP contribution in [0.4, 0.5) is 0 Å². The lowest BCUT2D eigenvalue weighted by atomic mass is 9.88. The van der Waals surface area contributed by atoms with Gasteiger partial charge in [0.2, 0.25) is 0 Å². The van der Waals surface area contributed by atoms with Gasteiger partial charge < -0.3 is 14.8 Å². The molecular formula is C17H21NO4. The molecule has 1 heterocycles. The van der Waals surface area contributed by atoms with Crippen LogP contribution in [0.3, 0.4) is 0 Å². The highest BCUT2D eigenvalue weighted by Crippen LogP contribution is 2.29. The fourth-order valence-electron chi connectivity index (χ4n) is 3.13. The van der Waals surface area contributed by atoms with Crippen molar-refractivity contribution >= 4 is 11.9 Å². The Bertz CT molecular complexity index is 551. The fourth-order valence-corrected chi connectivity index (χ4v) is 3.13. The molecule has 2 atom stereocenters. The first-order valence-electron chi connectivity index (χ1n) is 7.89. The molecule has 0 aromatic heterocycles. The molecule has 0 unspecified atom stereocenters. The maximum absolute atomic E-state index is 12.0. The van der Waals surface area contributed by atoms with Gasteiger partial charge in [0.15, 0.2) is 12.7 Å². The molecule has 0 radical (unpaired) electrons. The topological polar surface area (TPSA) is 64.6 Å². The Morgan fingerprint density at radius 3 is 2.91 bits per heavy atom. The van der Waals surface area contributed by atoms with Crippen LogP contribution in [0.25, 0.3) is 0 Å². The van der Waals surface area contributed by atoms with E-state index in [1.54, 1.807) is 0 Å². The van der Waals surface area contributed by atoms with E-state index >= 15 is 0 Å². The van der Waals surface area contributed by atoms with Gasteiger partial charge in [0, 0.05) is 6.61 Å². The molecule has 2 aliphatic rings. The number of hydrogen-bond acceptors (Lipinski definition) is 4. The zero-order chi connectivity index (χ0) is 15.4. The number of carbonyl (C=O) groups excluding carboxylic acids is 2. The largest absolute Gasteiger partial charge is 0.454 e. The van der Waals surface area contributed by atoms with E-state index in [-0.39, 0.29) is 18.6 Å². The first-order valence-corrected chi connectivity index (χ1v) is 7.89. The van der Waals surface area contributed by atoms with Gasteiger partial charge in [-0.25, -0.2) is 4.79 Å². The van der Waals surface area contributed by atoms with Crippen molar-refractivity contribution in [1.82, 2.24) is 5.32 Å². The van der Waals surface area contributed by atoms with Gasteiger partial charge in [-0.05, 0) is 43.2 Å². The van der Waals surface area contributed by atoms with Crippen molar-refractivity contribution in [2.75, 3.05) is 13.2 Å². The van der Waals surface area contributed by atoms with Gasteiger partial charge in [0.05, 0.1) is 6.04 Å². The summed E-state index contributed by atoms with van der Waals surface area (Å²) >= 11 is 0. The summed E-state index contributed by atoms with van der Waals surface area (Å²) in [5.41, 5.74) is 2.46. The normalized spacial score (nSPS) is 23.6. The summed E-state index contributed by atoms with van der Waals surface area (Å²) in [5.74, 6) is -0.690. The number of rotatable bonds is 4. The molecule has 0 bridgehead atoms. The molecular weight excluding hydrogens is 282 g/mol. The van der Waals surface area contributed by atoms with Crippen LogP contribution in [-0.2, 0) is 25.5 Å². The van der Waals surface area contributed by atoms with E-state index < -0.39 is 12.1 Å². The van der Waals surface area contributed by atoms with Gasteiger partial charge >= 0.3 is 5.97 Å². The maximum atomic E-state index is 12.0. The molecule has 1 aliphatic carbocycles. The molecule has 5 nitrogen and oxygen atoms in total. The summed E-state index contributed by atoms with van der Waals surface area (Å²) in [5, 5.41) is 2.96. The molecule has 0 saturated carbocycles. The zero-order valence-electron chi connectivity index (χ0n) is 12.5. The number of aryl methyl sites for hydroxylation is 1. The second-order valence-corrected chi connectivity index (χ2v) is 5.82. The molecule has 1 N–H and O–H groups in total. The average Bonchev–Trinajstić information content (AvgIpc) is 3.07. The molecule has 1 saturated heterocycles. The molecule has 5 heteroatoms. The van der Waals surface area contributed by atoms with Crippen LogP contribution >= 0.6 is 0 Å². The Hall–Kier alpha value is -1.88. The van der Waals surface area contributed by atoms with Crippen LogP contribution in [-0.4, -0.2) is 31.2 Å². The van der Waals surface area contributed by atoms with E-state index in [1.165, 1.54) is 11.1 Å². The van der Waals surface area contributed by atoms with Crippen LogP contribution in [0, 0.1) is 0 Å². The summed E-state index contributed by atoms with van der Waals surface area (Å²) in [6, 6.07) is 8.18. The Balaban J connectivity index is 1.51. The third kappa shape index (κ3) is 3.47. The summed E-state index contributed by atoms with van der Waals surface area (Å²) in [6.07, 6.45) is 4.07. The summed E-state index contributed by atoms with van der Waals surface area (Å²) in [4.78, 5) is 23.7. The van der Waals surface area contributed by atoms with Crippen molar-refractivity contribution in [1.29, 1.82) is 0 Å². The van der Waals surface area contributed by atoms with Crippen LogP contribution in [0.5, 0.6) is 0 Å². The minimum Gasteiger partial charge on any atom is -0.454 e. The summed E-state index contributed by atoms with van der Waals surface area (Å²) in [6.45, 7) is 0.349. The molecule has 1 aromatic carbocycles. The molecule has 1 fully saturated rings. The second kappa shape index (κ2) is 6.92. The van der Waals surface area contributed by atoms with Crippen molar-refractivity contribution in [2.45, 2.75) is 44.2 Å². The molecule has 1 aromatic rings. The molecule has 1 aliphatic heterocycles. The van der Waals surface area contributed by atoms with E-state index in [1.807, 2.05) is 12.1 Å². The maximum Gasteiger partial charge on any atom is 0.335 e. The predicted octanol–water partition coefficient (Wildman–Crippen LogP) is 1.90. The molecule has 1 amide bonds. The van der Waals surface area contributed by atoms with Crippen LogP contribution in [0.2, 0.25) is 0 Å². The lowest BCUT2D eigenvalue weighted by Crippen LogP contribution is -2.35. The van der Waals surface area contributed by atoms with E-state index in [9.17, 15) is 9.59 Å². The molecule has 3 rings (SSSR count). The van der Waals surface area contributed by atoms with Gasteiger partial charge in [-0.2, -0.15) is 0 Å². The standard InChI is InChI=1S/C17H21NO4/c19-16(11-22-17(20)15-9-4-10-21-15)18-14-8-3-6-12-5-1-2-7-13(12)14/h1-2,5,7,14-15H,3-4,6,8-11H2,(H,18,19)/t14-,15+/m1/s1. The van der Waals surface area contributed by atoms with E-state index in [2.05, 4.69) is 17.4 Å². The van der Waals surface area contributed by atoms with Gasteiger partial charge in [-0.3, -0.25) is 4.79 Å². The van der Waals surface area contributed by atoms with Crippen molar-refractivity contribution in [3.05, 3.63) is 35.4 Å². The van der Waals surface area contributed by atoms with Crippen molar-refractivity contribution in [3.63, 3.8) is 0 Å². The molecule has 22 heavy (non-hydrogen) atoms. The number of ether oxygens (including phenoxy) is 2. The van der Waals surface area contributed by atoms with Crippen LogP contribution in [0.1, 0.15) is 42.9 Å². The minimum absolute atomic E-state index is 0.0129. The van der Waals surface area contributed by atoms with E-state index in [0.717, 1.165) is 25.7 Å². The van der Waals surface area contributed by atoms with Gasteiger partial charge in [-0.1, -0.05) is 24.3 Å². The molecule has 118 valence electrons. The Morgan fingerprint density at radius 1 is 1.23 bits per heavy atom. The summed E-state index contributed by atoms with van der Waals surface area (Å²) < 4.78 is 10.3. The van der Waals surface area contributed by atoms with E-state index in [0.29, 0.717) is 13.0 Å². The van der Waals surface area contributed by atoms with Crippen molar-refractivity contribution in [2.24, 2.45) is 0 Å². The highest BCUT2D eigenvalue weighted by Gasteiger charge is 2.26. The Labute approximate surface area is 130 Å². The van der Waals surface area contributed by atoms with Gasteiger partial charge in [0.25, 0.3) is 5.91 Å². The number of fused-ring (bicyclic) bond motifs is 1. The lowest BCUT2D eigenvalue weighted by Gasteiger charge is -2.26. The highest BCUT2D eigenvalue weighted by atomic mass is 16.6. The molecule has 0 spiro atoms. The van der Waals surface area contributed by atoms with Crippen LogP contribution < -0.4 is 5.32 Å². The van der Waals surface area contributed by atoms with Crippen molar-refractivity contribution in [3.8, 4) is 0 Å². The zero-order valence-corrected chi connectivity index (χ0v) is 12.5. The van der Waals surface area contributed by atoms with Crippen molar-refractivity contribution < 1.29 is 19.1 Å². The number of amides is 1. The van der Waals surface area contributed by atoms with Gasteiger partial charge in [0.1, 0.15) is 0 Å². The number of carbonyl (C=O) groups is 2. The quantitative estimate of drug-likeness (QED) is 0.863.